The summed E-state index contributed by atoms with van der Waals surface area (Å²) in [5, 5.41) is 13.4. The molecule has 1 aliphatic heterocycles. The molecule has 6 nitrogen and oxygen atoms in total. The lowest BCUT2D eigenvalue weighted by atomic mass is 10.0. The van der Waals surface area contributed by atoms with E-state index in [-0.39, 0.29) is 11.8 Å². The van der Waals surface area contributed by atoms with Gasteiger partial charge in [0.05, 0.1) is 11.0 Å². The number of rotatable bonds is 5. The van der Waals surface area contributed by atoms with Crippen LogP contribution in [0.5, 0.6) is 0 Å². The largest absolute Gasteiger partial charge is 0.389 e. The molecule has 0 bridgehead atoms. The number of hydrogen-bond acceptors (Lipinski definition) is 4. The van der Waals surface area contributed by atoms with Gasteiger partial charge in [-0.2, -0.15) is 0 Å². The summed E-state index contributed by atoms with van der Waals surface area (Å²) in [6.45, 7) is 7.22. The molecule has 32 heavy (non-hydrogen) atoms. The van der Waals surface area contributed by atoms with Crippen LogP contribution in [0.4, 0.5) is 0 Å². The van der Waals surface area contributed by atoms with Crippen LogP contribution in [0.2, 0.25) is 19.6 Å². The molecule has 4 rings (SSSR count). The van der Waals surface area contributed by atoms with Crippen LogP contribution in [0.25, 0.3) is 10.2 Å². The van der Waals surface area contributed by atoms with Gasteiger partial charge in [-0.25, -0.2) is 0 Å². The molecule has 1 aromatic carbocycles. The zero-order valence-corrected chi connectivity index (χ0v) is 20.3. The lowest BCUT2D eigenvalue weighted by Gasteiger charge is -2.38. The van der Waals surface area contributed by atoms with Crippen molar-refractivity contribution in [1.82, 2.24) is 15.2 Å². The number of thiophene rings is 1. The number of aromatic nitrogens is 1. The quantitative estimate of drug-likeness (QED) is 0.400. The third kappa shape index (κ3) is 5.30. The van der Waals surface area contributed by atoms with Gasteiger partial charge >= 0.3 is 0 Å². The Hall–Kier alpha value is -2.86. The first-order valence-electron chi connectivity index (χ1n) is 10.7. The average molecular weight is 466 g/mol. The normalized spacial score (nSPS) is 15.1. The number of H-pyrrole nitrogens is 1. The number of benzene rings is 1. The minimum absolute atomic E-state index is 0.176. The van der Waals surface area contributed by atoms with E-state index in [4.69, 9.17) is 0 Å². The first kappa shape index (κ1) is 22.3. The minimum Gasteiger partial charge on any atom is -0.389 e. The molecule has 2 amide bonds. The number of carbonyl (C=O) groups is 2. The minimum atomic E-state index is -1.45. The van der Waals surface area contributed by atoms with Crippen LogP contribution >= 0.6 is 11.3 Å². The number of nitrogens with one attached hydrogen (secondary N) is 2. The van der Waals surface area contributed by atoms with Crippen LogP contribution in [0.15, 0.2) is 42.5 Å². The van der Waals surface area contributed by atoms with E-state index in [9.17, 15) is 14.7 Å². The van der Waals surface area contributed by atoms with Crippen molar-refractivity contribution in [3.05, 3.63) is 58.6 Å². The molecule has 1 atom stereocenters. The lowest BCUT2D eigenvalue weighted by Crippen LogP contribution is -2.59. The topological polar surface area (TPSA) is 85.4 Å². The van der Waals surface area contributed by atoms with E-state index < -0.39 is 20.2 Å². The number of fused-ring (bicyclic) bond motifs is 1. The molecule has 1 fully saturated rings. The van der Waals surface area contributed by atoms with Crippen molar-refractivity contribution in [2.45, 2.75) is 38.2 Å². The van der Waals surface area contributed by atoms with E-state index in [0.717, 1.165) is 20.7 Å². The molecule has 3 heterocycles. The SMILES string of the molecule is C[Si](C)(C)C#Cc1cc2cc(C(=O)NC(Cc3ccccc3)C(=O)N3CC(O)C3)[nH]c2s1. The summed E-state index contributed by atoms with van der Waals surface area (Å²) in [7, 11) is -1.45. The number of nitrogens with zero attached hydrogens (tertiary/aromatic N) is 1. The van der Waals surface area contributed by atoms with E-state index in [1.54, 1.807) is 11.0 Å². The van der Waals surface area contributed by atoms with Gasteiger partial charge in [-0.15, -0.1) is 16.9 Å². The Labute approximate surface area is 192 Å². The van der Waals surface area contributed by atoms with Gasteiger partial charge in [-0.05, 0) is 17.7 Å². The summed E-state index contributed by atoms with van der Waals surface area (Å²) < 4.78 is 0. The van der Waals surface area contributed by atoms with Crippen LogP contribution in [-0.2, 0) is 11.2 Å². The molecule has 0 aliphatic carbocycles. The Kier molecular flexibility index (Phi) is 6.24. The van der Waals surface area contributed by atoms with Gasteiger partial charge in [0.15, 0.2) is 0 Å². The molecule has 1 unspecified atom stereocenters. The predicted octanol–water partition coefficient (Wildman–Crippen LogP) is 3.00. The Balaban J connectivity index is 1.50. The highest BCUT2D eigenvalue weighted by Gasteiger charge is 2.34. The summed E-state index contributed by atoms with van der Waals surface area (Å²) in [5.41, 5.74) is 4.74. The van der Waals surface area contributed by atoms with E-state index in [0.29, 0.717) is 25.2 Å². The molecule has 8 heteroatoms. The van der Waals surface area contributed by atoms with Crippen molar-refractivity contribution in [1.29, 1.82) is 0 Å². The number of carbonyl (C=O) groups excluding carboxylic acids is 2. The van der Waals surface area contributed by atoms with Crippen LogP contribution in [0.1, 0.15) is 20.9 Å². The molecule has 1 saturated heterocycles. The van der Waals surface area contributed by atoms with Crippen molar-refractivity contribution >= 4 is 41.4 Å². The number of amides is 2. The number of aliphatic hydroxyl groups is 1. The van der Waals surface area contributed by atoms with Gasteiger partial charge in [0.1, 0.15) is 24.6 Å². The van der Waals surface area contributed by atoms with Gasteiger partial charge in [0.2, 0.25) is 5.91 Å². The van der Waals surface area contributed by atoms with Gasteiger partial charge in [-0.1, -0.05) is 55.9 Å². The third-order valence-electron chi connectivity index (χ3n) is 5.17. The van der Waals surface area contributed by atoms with E-state index in [1.165, 1.54) is 11.3 Å². The standard InChI is InChI=1S/C24H27N3O3SSi/c1-32(2,3)10-9-19-12-17-13-20(26-23(17)31-19)22(29)25-21(11-16-7-5-4-6-8-16)24(30)27-14-18(28)15-27/h4-8,12-13,18,21,26,28H,11,14-15H2,1-3H3,(H,25,29). The molecule has 3 aromatic rings. The van der Waals surface area contributed by atoms with Crippen LogP contribution in [0, 0.1) is 11.5 Å². The zero-order valence-electron chi connectivity index (χ0n) is 18.4. The zero-order chi connectivity index (χ0) is 22.9. The van der Waals surface area contributed by atoms with Crippen molar-refractivity contribution in [3.63, 3.8) is 0 Å². The molecule has 0 saturated carbocycles. The highest BCUT2D eigenvalue weighted by molar-refractivity contribution is 7.19. The number of aliphatic hydroxyl groups excluding tert-OH is 1. The third-order valence-corrected chi connectivity index (χ3v) is 7.03. The summed E-state index contributed by atoms with van der Waals surface area (Å²) in [4.78, 5) is 32.5. The van der Waals surface area contributed by atoms with Gasteiger partial charge in [-0.3, -0.25) is 9.59 Å². The second-order valence-corrected chi connectivity index (χ2v) is 15.0. The van der Waals surface area contributed by atoms with Crippen LogP contribution < -0.4 is 5.32 Å². The second-order valence-electron chi connectivity index (χ2n) is 9.19. The maximum absolute atomic E-state index is 13.0. The van der Waals surface area contributed by atoms with Crippen LogP contribution in [-0.4, -0.2) is 60.1 Å². The molecule has 3 N–H and O–H groups in total. The Morgan fingerprint density at radius 2 is 1.97 bits per heavy atom. The number of hydrogen-bond donors (Lipinski definition) is 3. The fraction of sp³-hybridized carbons (Fsp3) is 0.333. The van der Waals surface area contributed by atoms with E-state index in [1.807, 2.05) is 36.4 Å². The summed E-state index contributed by atoms with van der Waals surface area (Å²) in [6.07, 6.45) is -0.0933. The molecule has 166 valence electrons. The van der Waals surface area contributed by atoms with Gasteiger partial charge in [0.25, 0.3) is 5.91 Å². The summed E-state index contributed by atoms with van der Waals surface area (Å²) in [6, 6.07) is 12.7. The van der Waals surface area contributed by atoms with E-state index >= 15 is 0 Å². The fourth-order valence-electron chi connectivity index (χ4n) is 3.50. The fourth-order valence-corrected chi connectivity index (χ4v) is 5.00. The highest BCUT2D eigenvalue weighted by Crippen LogP contribution is 2.26. The molecular weight excluding hydrogens is 438 g/mol. The number of likely N-dealkylation sites (tertiary alicyclic amines) is 1. The van der Waals surface area contributed by atoms with Gasteiger partial charge < -0.3 is 20.3 Å². The molecule has 2 aromatic heterocycles. The van der Waals surface area contributed by atoms with E-state index in [2.05, 4.69) is 41.4 Å². The molecule has 1 aliphatic rings. The maximum Gasteiger partial charge on any atom is 0.268 e. The smallest absolute Gasteiger partial charge is 0.268 e. The summed E-state index contributed by atoms with van der Waals surface area (Å²) >= 11 is 1.53. The monoisotopic (exact) mass is 465 g/mol. The highest BCUT2D eigenvalue weighted by atomic mass is 32.1. The average Bonchev–Trinajstić information content (AvgIpc) is 3.28. The van der Waals surface area contributed by atoms with Crippen molar-refractivity contribution < 1.29 is 14.7 Å². The maximum atomic E-state index is 13.0. The Morgan fingerprint density at radius 3 is 2.59 bits per heavy atom. The number of aromatic amines is 1. The summed E-state index contributed by atoms with van der Waals surface area (Å²) in [5.74, 6) is 2.75. The lowest BCUT2D eigenvalue weighted by molar-refractivity contribution is -0.143. The first-order chi connectivity index (χ1) is 15.2. The second kappa shape index (κ2) is 8.94. The van der Waals surface area contributed by atoms with Crippen LogP contribution in [0.3, 0.4) is 0 Å². The molecule has 0 radical (unpaired) electrons. The predicted molar refractivity (Wildman–Crippen MR) is 130 cm³/mol. The van der Waals surface area contributed by atoms with Gasteiger partial charge in [0, 0.05) is 24.9 Å². The Morgan fingerprint density at radius 1 is 1.25 bits per heavy atom. The Bertz CT molecular complexity index is 1160. The molecular formula is C24H27N3O3SSi. The van der Waals surface area contributed by atoms with Crippen molar-refractivity contribution in [3.8, 4) is 11.5 Å². The molecule has 0 spiro atoms. The van der Waals surface area contributed by atoms with Crippen molar-refractivity contribution in [2.75, 3.05) is 13.1 Å². The first-order valence-corrected chi connectivity index (χ1v) is 15.0. The number of β-amino-alcohol motifs (C(OH)–C–C–N with tert-alkyl or cyclic N) is 1. The van der Waals surface area contributed by atoms with Crippen molar-refractivity contribution in [2.24, 2.45) is 0 Å².